The maximum atomic E-state index is 12.8. The summed E-state index contributed by atoms with van der Waals surface area (Å²) in [4.78, 5) is 12.0. The molecular formula is C12H9ClF3NO3S. The van der Waals surface area contributed by atoms with Crippen LogP contribution < -0.4 is 4.90 Å². The molecule has 1 aromatic rings. The average Bonchev–Trinajstić information content (AvgIpc) is 2.71. The highest BCUT2D eigenvalue weighted by atomic mass is 35.5. The number of nitrogens with zero attached hydrogens (tertiary/aromatic N) is 1. The Morgan fingerprint density at radius 1 is 1.29 bits per heavy atom. The molecule has 0 bridgehead atoms. The molecular weight excluding hydrogens is 331 g/mol. The van der Waals surface area contributed by atoms with Crippen molar-refractivity contribution in [3.63, 3.8) is 0 Å². The van der Waals surface area contributed by atoms with Gasteiger partial charge in [-0.2, -0.15) is 13.2 Å². The first kappa shape index (κ1) is 15.8. The van der Waals surface area contributed by atoms with E-state index in [4.69, 9.17) is 11.6 Å². The van der Waals surface area contributed by atoms with E-state index in [-0.39, 0.29) is 10.7 Å². The van der Waals surface area contributed by atoms with Crippen LogP contribution in [-0.2, 0) is 14.6 Å². The highest BCUT2D eigenvalue weighted by molar-refractivity contribution is 7.94. The third-order valence-corrected chi connectivity index (χ3v) is 4.51. The van der Waals surface area contributed by atoms with Crippen molar-refractivity contribution in [2.45, 2.75) is 12.2 Å². The molecule has 1 aliphatic rings. The second kappa shape index (κ2) is 5.34. The Morgan fingerprint density at radius 3 is 2.38 bits per heavy atom. The number of amides is 1. The molecule has 1 atom stereocenters. The summed E-state index contributed by atoms with van der Waals surface area (Å²) < 4.78 is 61.1. The van der Waals surface area contributed by atoms with E-state index in [0.717, 1.165) is 11.5 Å². The third-order valence-electron chi connectivity index (χ3n) is 2.82. The van der Waals surface area contributed by atoms with Crippen LogP contribution >= 0.6 is 11.6 Å². The number of halogens is 4. The maximum Gasteiger partial charge on any atom is 0.471 e. The van der Waals surface area contributed by atoms with Gasteiger partial charge in [0.2, 0.25) is 0 Å². The summed E-state index contributed by atoms with van der Waals surface area (Å²) in [5.74, 6) is -2.78. The monoisotopic (exact) mass is 339 g/mol. The minimum atomic E-state index is -5.14. The fourth-order valence-electron chi connectivity index (χ4n) is 1.94. The quantitative estimate of drug-likeness (QED) is 0.832. The van der Waals surface area contributed by atoms with Gasteiger partial charge in [-0.15, -0.1) is 0 Å². The van der Waals surface area contributed by atoms with Crippen molar-refractivity contribution in [1.29, 1.82) is 0 Å². The number of hydrogen-bond donors (Lipinski definition) is 0. The SMILES string of the molecule is O=C(N(c1ccccc1Cl)[C@@H]1C=CS(=O)(=O)C1)C(F)(F)F. The molecule has 0 aromatic heterocycles. The topological polar surface area (TPSA) is 54.5 Å². The lowest BCUT2D eigenvalue weighted by atomic mass is 10.2. The zero-order chi connectivity index (χ0) is 15.8. The molecule has 0 radical (unpaired) electrons. The number of carbonyl (C=O) groups excluding carboxylic acids is 1. The lowest BCUT2D eigenvalue weighted by molar-refractivity contribution is -0.170. The molecule has 1 amide bonds. The molecule has 0 unspecified atom stereocenters. The number of para-hydroxylation sites is 1. The summed E-state index contributed by atoms with van der Waals surface area (Å²) in [6.45, 7) is 0. The second-order valence-corrected chi connectivity index (χ2v) is 6.69. The number of hydrogen-bond acceptors (Lipinski definition) is 3. The number of rotatable bonds is 2. The fourth-order valence-corrected chi connectivity index (χ4v) is 3.44. The number of anilines is 1. The highest BCUT2D eigenvalue weighted by Gasteiger charge is 2.46. The smallest absolute Gasteiger partial charge is 0.295 e. The van der Waals surface area contributed by atoms with Crippen LogP contribution in [0, 0.1) is 0 Å². The van der Waals surface area contributed by atoms with Crippen LogP contribution in [0.25, 0.3) is 0 Å². The summed E-state index contributed by atoms with van der Waals surface area (Å²) in [5.41, 5.74) is -0.187. The largest absolute Gasteiger partial charge is 0.471 e. The van der Waals surface area contributed by atoms with Crippen LogP contribution in [-0.4, -0.2) is 32.3 Å². The molecule has 4 nitrogen and oxygen atoms in total. The van der Waals surface area contributed by atoms with Crippen molar-refractivity contribution in [3.8, 4) is 0 Å². The van der Waals surface area contributed by atoms with Gasteiger partial charge < -0.3 is 0 Å². The summed E-state index contributed by atoms with van der Waals surface area (Å²) in [6.07, 6.45) is -4.10. The van der Waals surface area contributed by atoms with E-state index in [1.807, 2.05) is 0 Å². The minimum absolute atomic E-state index is 0.0761. The van der Waals surface area contributed by atoms with Gasteiger partial charge in [0.1, 0.15) is 0 Å². The maximum absolute atomic E-state index is 12.8. The zero-order valence-electron chi connectivity index (χ0n) is 10.3. The Bertz CT molecular complexity index is 700. The molecule has 0 fully saturated rings. The normalized spacial score (nSPS) is 20.5. The predicted molar refractivity (Wildman–Crippen MR) is 71.7 cm³/mol. The highest BCUT2D eigenvalue weighted by Crippen LogP contribution is 2.33. The van der Waals surface area contributed by atoms with E-state index in [2.05, 4.69) is 0 Å². The van der Waals surface area contributed by atoms with Crippen molar-refractivity contribution < 1.29 is 26.4 Å². The van der Waals surface area contributed by atoms with E-state index in [9.17, 15) is 26.4 Å². The third kappa shape index (κ3) is 3.38. The molecule has 2 rings (SSSR count). The first-order chi connectivity index (χ1) is 9.62. The molecule has 0 saturated carbocycles. The lowest BCUT2D eigenvalue weighted by Gasteiger charge is -2.29. The summed E-state index contributed by atoms with van der Waals surface area (Å²) in [7, 11) is -3.63. The van der Waals surface area contributed by atoms with Crippen LogP contribution in [0.1, 0.15) is 0 Å². The molecule has 1 aromatic carbocycles. The molecule has 0 spiro atoms. The van der Waals surface area contributed by atoms with Crippen molar-refractivity contribution in [2.75, 3.05) is 10.7 Å². The Balaban J connectivity index is 2.49. The molecule has 1 aliphatic heterocycles. The Hall–Kier alpha value is -1.54. The standard InChI is InChI=1S/C12H9ClF3NO3S/c13-9-3-1-2-4-10(9)17(11(18)12(14,15)16)8-5-6-21(19,20)7-8/h1-6,8H,7H2/t8-/m1/s1. The van der Waals surface area contributed by atoms with Crippen molar-refractivity contribution >= 4 is 33.0 Å². The van der Waals surface area contributed by atoms with E-state index >= 15 is 0 Å². The van der Waals surface area contributed by atoms with Gasteiger partial charge in [-0.1, -0.05) is 23.7 Å². The van der Waals surface area contributed by atoms with Crippen molar-refractivity contribution in [3.05, 3.63) is 40.8 Å². The van der Waals surface area contributed by atoms with Gasteiger partial charge >= 0.3 is 12.1 Å². The van der Waals surface area contributed by atoms with Gasteiger partial charge in [-0.3, -0.25) is 9.69 Å². The van der Waals surface area contributed by atoms with Gasteiger partial charge in [-0.05, 0) is 18.2 Å². The molecule has 1 heterocycles. The van der Waals surface area contributed by atoms with E-state index < -0.39 is 33.7 Å². The summed E-state index contributed by atoms with van der Waals surface area (Å²) in [5, 5.41) is 0.721. The van der Waals surface area contributed by atoms with E-state index in [1.165, 1.54) is 24.3 Å². The fraction of sp³-hybridized carbons (Fsp3) is 0.250. The first-order valence-corrected chi connectivity index (χ1v) is 7.77. The van der Waals surface area contributed by atoms with Gasteiger partial charge in [0, 0.05) is 5.41 Å². The van der Waals surface area contributed by atoms with Crippen molar-refractivity contribution in [2.24, 2.45) is 0 Å². The summed E-state index contributed by atoms with van der Waals surface area (Å²) >= 11 is 5.83. The van der Waals surface area contributed by atoms with E-state index in [1.54, 1.807) is 0 Å². The first-order valence-electron chi connectivity index (χ1n) is 5.68. The van der Waals surface area contributed by atoms with Gasteiger partial charge in [0.25, 0.3) is 0 Å². The van der Waals surface area contributed by atoms with Crippen LogP contribution in [0.5, 0.6) is 0 Å². The lowest BCUT2D eigenvalue weighted by Crippen LogP contribution is -2.48. The number of alkyl halides is 3. The number of sulfone groups is 1. The van der Waals surface area contributed by atoms with E-state index in [0.29, 0.717) is 4.90 Å². The summed E-state index contributed by atoms with van der Waals surface area (Å²) in [6, 6.07) is 4.20. The molecule has 21 heavy (non-hydrogen) atoms. The van der Waals surface area contributed by atoms with Crippen LogP contribution in [0.3, 0.4) is 0 Å². The molecule has 0 N–H and O–H groups in total. The molecule has 9 heteroatoms. The van der Waals surface area contributed by atoms with Crippen LogP contribution in [0.2, 0.25) is 5.02 Å². The molecule has 0 saturated heterocycles. The Kier molecular flexibility index (Phi) is 4.03. The zero-order valence-corrected chi connectivity index (χ0v) is 11.9. The van der Waals surface area contributed by atoms with Crippen LogP contribution in [0.4, 0.5) is 18.9 Å². The van der Waals surface area contributed by atoms with Crippen LogP contribution in [0.15, 0.2) is 35.7 Å². The van der Waals surface area contributed by atoms with Gasteiger partial charge in [0.05, 0.1) is 22.5 Å². The Morgan fingerprint density at radius 2 is 1.90 bits per heavy atom. The van der Waals surface area contributed by atoms with Crippen molar-refractivity contribution in [1.82, 2.24) is 0 Å². The minimum Gasteiger partial charge on any atom is -0.295 e. The Labute approximate surface area is 123 Å². The second-order valence-electron chi connectivity index (χ2n) is 4.35. The molecule has 0 aliphatic carbocycles. The average molecular weight is 340 g/mol. The van der Waals surface area contributed by atoms with Gasteiger partial charge in [0.15, 0.2) is 9.84 Å². The van der Waals surface area contributed by atoms with Gasteiger partial charge in [-0.25, -0.2) is 8.42 Å². The molecule has 114 valence electrons. The number of carbonyl (C=O) groups is 1. The predicted octanol–water partition coefficient (Wildman–Crippen LogP) is 2.55. The number of benzene rings is 1.